The molecule has 0 aliphatic carbocycles. The maximum absolute atomic E-state index is 9.48. The molecule has 5 heterocycles. The van der Waals surface area contributed by atoms with Gasteiger partial charge < -0.3 is 72.7 Å². The van der Waals surface area contributed by atoms with E-state index < -0.39 is 0 Å². The lowest BCUT2D eigenvalue weighted by Gasteiger charge is -2.02. The van der Waals surface area contributed by atoms with Crippen molar-refractivity contribution in [2.45, 2.75) is 13.8 Å². The summed E-state index contributed by atoms with van der Waals surface area (Å²) in [6.45, 7) is 4.00. The molecule has 23 N–H and O–H groups in total. The van der Waals surface area contributed by atoms with Crippen LogP contribution in [0.15, 0.2) is 233 Å². The molecule has 5 aromatic heterocycles. The SMILES string of the molecule is Cc1ccc(N=Nc2cc(O)c(N)nc2N)cc1.Cc1ccc(N=Nc2ccc(N)nc2N)cc1.Nc1ccc(N=Nc2ccccc2)c(N)n1.Nc1ccc(N=Nc2ccccc2O)c(N)n1.Nc1nc(N)c(N=Nc2ccccc2)cc1O. The summed E-state index contributed by atoms with van der Waals surface area (Å²) in [5.41, 5.74) is 62.9. The molecule has 0 fully saturated rings. The normalized spacial score (nSPS) is 10.8. The molecule has 0 aliphatic rings. The van der Waals surface area contributed by atoms with Crippen LogP contribution in [0.5, 0.6) is 17.2 Å². The van der Waals surface area contributed by atoms with E-state index in [0.717, 1.165) is 16.9 Å². The van der Waals surface area contributed by atoms with E-state index in [9.17, 15) is 15.3 Å². The number of nitrogens with zero attached hydrogens (tertiary/aromatic N) is 15. The van der Waals surface area contributed by atoms with Gasteiger partial charge in [-0.05, 0) is 111 Å². The third-order valence-electron chi connectivity index (χ3n) is 10.7. The zero-order valence-corrected chi connectivity index (χ0v) is 45.6. The zero-order valence-electron chi connectivity index (χ0n) is 45.6. The van der Waals surface area contributed by atoms with Crippen LogP contribution >= 0.6 is 0 Å². The number of anilines is 10. The first-order valence-corrected chi connectivity index (χ1v) is 25.0. The molecule has 430 valence electrons. The zero-order chi connectivity index (χ0) is 61.3. The molecule has 0 spiro atoms. The lowest BCUT2D eigenvalue weighted by Crippen LogP contribution is -1.96. The molecule has 0 bridgehead atoms. The van der Waals surface area contributed by atoms with Gasteiger partial charge in [-0.15, -0.1) is 30.7 Å². The smallest absolute Gasteiger partial charge is 0.168 e. The second-order valence-corrected chi connectivity index (χ2v) is 17.3. The summed E-state index contributed by atoms with van der Waals surface area (Å²) in [4.78, 5) is 19.1. The Morgan fingerprint density at radius 2 is 0.529 bits per heavy atom. The standard InChI is InChI=1S/C12H13N5O.C12H13N5.2C11H11N5O.C11H11N5/c1-7-2-4-8(5-3-7)16-17-9-6-10(18)12(14)15-11(9)13;1-8-2-4-9(5-3-8)16-17-10-6-7-11(13)15-12(10)14;12-10-6-5-8(11(13)14-10)16-15-7-3-1-2-4-9(7)17;12-10-8(6-9(17)11(13)14-10)16-15-7-4-2-1-3-5-7;12-10-7-6-9(11(13)14-10)16-15-8-4-2-1-3-5-8/h2-6,18H,1H3,(H4,13,14,15);2-7H,1H3,(H4,13,14,15);2*1-6,17H,(H4,12,13,14);1-7H,(H4,12,13,14). The van der Waals surface area contributed by atoms with Crippen molar-refractivity contribution >= 4 is 115 Å². The predicted molar refractivity (Wildman–Crippen MR) is 333 cm³/mol. The molecule has 10 rings (SSSR count). The number of aromatic nitrogens is 5. The molecule has 28 nitrogen and oxygen atoms in total. The predicted octanol–water partition coefficient (Wildman–Crippen LogP) is 13.0. The number of nitrogens with two attached hydrogens (primary N) is 10. The highest BCUT2D eigenvalue weighted by atomic mass is 16.3. The Bertz CT molecular complexity index is 3960. The number of azo groups is 5. The van der Waals surface area contributed by atoms with Crippen LogP contribution in [-0.2, 0) is 0 Å². The molecule has 0 amide bonds. The van der Waals surface area contributed by atoms with E-state index in [2.05, 4.69) is 76.1 Å². The van der Waals surface area contributed by atoms with Gasteiger partial charge in [0.1, 0.15) is 57.3 Å². The lowest BCUT2D eigenvalue weighted by atomic mass is 10.2. The molecule has 85 heavy (non-hydrogen) atoms. The molecule has 0 radical (unpaired) electrons. The lowest BCUT2D eigenvalue weighted by molar-refractivity contribution is 0.475. The Balaban J connectivity index is 0.000000170. The number of hydrogen-bond acceptors (Lipinski definition) is 28. The Labute approximate surface area is 486 Å². The van der Waals surface area contributed by atoms with Crippen LogP contribution < -0.4 is 57.3 Å². The second kappa shape index (κ2) is 30.6. The first-order valence-electron chi connectivity index (χ1n) is 25.0. The summed E-state index contributed by atoms with van der Waals surface area (Å²) in [5.74, 6) is 1.74. The highest BCUT2D eigenvalue weighted by Crippen LogP contribution is 2.33. The first-order chi connectivity index (χ1) is 40.8. The van der Waals surface area contributed by atoms with Crippen LogP contribution in [0.25, 0.3) is 0 Å². The number of nitrogen functional groups attached to an aromatic ring is 10. The fraction of sp³-hybridized carbons (Fsp3) is 0.0351. The molecule has 0 aliphatic heterocycles. The van der Waals surface area contributed by atoms with Gasteiger partial charge in [-0.1, -0.05) is 83.9 Å². The van der Waals surface area contributed by atoms with Crippen molar-refractivity contribution in [2.75, 3.05) is 57.3 Å². The Morgan fingerprint density at radius 1 is 0.247 bits per heavy atom. The fourth-order valence-electron chi connectivity index (χ4n) is 6.22. The van der Waals surface area contributed by atoms with Crippen molar-refractivity contribution in [1.82, 2.24) is 24.9 Å². The molecule has 5 aromatic carbocycles. The number of phenolic OH excluding ortho intramolecular Hbond substituents is 1. The number of aryl methyl sites for hydroxylation is 2. The van der Waals surface area contributed by atoms with Crippen molar-refractivity contribution in [3.63, 3.8) is 0 Å². The highest BCUT2D eigenvalue weighted by molar-refractivity contribution is 5.67. The molecule has 10 aromatic rings. The van der Waals surface area contributed by atoms with E-state index in [1.54, 1.807) is 66.7 Å². The molecule has 0 atom stereocenters. The number of para-hydroxylation sites is 1. The summed E-state index contributed by atoms with van der Waals surface area (Å²) in [6.07, 6.45) is 0. The maximum atomic E-state index is 9.48. The average molecular weight is 1140 g/mol. The van der Waals surface area contributed by atoms with Crippen molar-refractivity contribution in [3.8, 4) is 17.2 Å². The van der Waals surface area contributed by atoms with Crippen LogP contribution in [0.4, 0.5) is 115 Å². The molecule has 0 unspecified atom stereocenters. The largest absolute Gasteiger partial charge is 0.506 e. The topological polar surface area (TPSA) is 509 Å². The molecule has 0 saturated carbocycles. The number of benzene rings is 5. The summed E-state index contributed by atoms with van der Waals surface area (Å²) < 4.78 is 0. The van der Waals surface area contributed by atoms with Gasteiger partial charge in [0.15, 0.2) is 52.2 Å². The quantitative estimate of drug-likeness (QED) is 0.0566. The van der Waals surface area contributed by atoms with Gasteiger partial charge in [0.2, 0.25) is 0 Å². The first kappa shape index (κ1) is 61.5. The van der Waals surface area contributed by atoms with Gasteiger partial charge in [-0.2, -0.15) is 20.5 Å². The molecule has 28 heteroatoms. The Morgan fingerprint density at radius 3 is 0.871 bits per heavy atom. The monoisotopic (exact) mass is 1140 g/mol. The van der Waals surface area contributed by atoms with Crippen LogP contribution in [0.1, 0.15) is 11.1 Å². The van der Waals surface area contributed by atoms with Crippen molar-refractivity contribution in [2.24, 2.45) is 51.1 Å². The number of rotatable bonds is 10. The van der Waals surface area contributed by atoms with Crippen LogP contribution in [-0.4, -0.2) is 40.2 Å². The van der Waals surface area contributed by atoms with Crippen molar-refractivity contribution in [3.05, 3.63) is 193 Å². The van der Waals surface area contributed by atoms with Gasteiger partial charge in [0.25, 0.3) is 0 Å². The van der Waals surface area contributed by atoms with Gasteiger partial charge in [-0.25, -0.2) is 24.9 Å². The Kier molecular flexibility index (Phi) is 22.1. The number of aromatic hydroxyl groups is 3. The molecular formula is C57H59N25O3. The summed E-state index contributed by atoms with van der Waals surface area (Å²) in [6, 6.07) is 52.9. The maximum Gasteiger partial charge on any atom is 0.168 e. The number of hydrogen-bond donors (Lipinski definition) is 13. The van der Waals surface area contributed by atoms with Crippen LogP contribution in [0.3, 0.4) is 0 Å². The van der Waals surface area contributed by atoms with Crippen molar-refractivity contribution < 1.29 is 15.3 Å². The van der Waals surface area contributed by atoms with E-state index in [1.807, 2.05) is 111 Å². The van der Waals surface area contributed by atoms with Gasteiger partial charge in [0.05, 0.1) is 22.7 Å². The minimum Gasteiger partial charge on any atom is -0.506 e. The minimum atomic E-state index is -0.166. The highest BCUT2D eigenvalue weighted by Gasteiger charge is 2.08. The van der Waals surface area contributed by atoms with E-state index in [0.29, 0.717) is 51.6 Å². The second-order valence-electron chi connectivity index (χ2n) is 17.3. The van der Waals surface area contributed by atoms with E-state index in [4.69, 9.17) is 57.3 Å². The van der Waals surface area contributed by atoms with E-state index in [1.165, 1.54) is 23.8 Å². The van der Waals surface area contributed by atoms with E-state index >= 15 is 0 Å². The fourth-order valence-corrected chi connectivity index (χ4v) is 6.22. The number of phenols is 1. The minimum absolute atomic E-state index is 0.0261. The van der Waals surface area contributed by atoms with Gasteiger partial charge in [0, 0.05) is 12.1 Å². The molecular weight excluding hydrogens is 1080 g/mol. The van der Waals surface area contributed by atoms with Crippen molar-refractivity contribution in [1.29, 1.82) is 0 Å². The molecule has 0 saturated heterocycles. The summed E-state index contributed by atoms with van der Waals surface area (Å²) in [7, 11) is 0. The van der Waals surface area contributed by atoms with Gasteiger partial charge >= 0.3 is 0 Å². The Hall–Kier alpha value is -12.8. The average Bonchev–Trinajstić information content (AvgIpc) is 3.57. The van der Waals surface area contributed by atoms with Crippen LogP contribution in [0.2, 0.25) is 0 Å². The third kappa shape index (κ3) is 20.1. The summed E-state index contributed by atoms with van der Waals surface area (Å²) in [5, 5.41) is 68.0. The summed E-state index contributed by atoms with van der Waals surface area (Å²) >= 11 is 0. The van der Waals surface area contributed by atoms with E-state index in [-0.39, 0.29) is 69.3 Å². The third-order valence-corrected chi connectivity index (χ3v) is 10.7. The van der Waals surface area contributed by atoms with Gasteiger partial charge in [-0.3, -0.25) is 0 Å². The van der Waals surface area contributed by atoms with Crippen LogP contribution in [0, 0.1) is 13.8 Å². The number of pyridine rings is 5.